The summed E-state index contributed by atoms with van der Waals surface area (Å²) < 4.78 is 1.20. The lowest BCUT2D eigenvalue weighted by molar-refractivity contribution is 0.265. The smallest absolute Gasteiger partial charge is 0.0511 e. The number of benzene rings is 1. The average molecular weight is 298 g/mol. The normalized spacial score (nSPS) is 17.5. The van der Waals surface area contributed by atoms with Gasteiger partial charge in [-0.3, -0.25) is 4.90 Å². The van der Waals surface area contributed by atoms with Crippen molar-refractivity contribution in [2.75, 3.05) is 44.2 Å². The van der Waals surface area contributed by atoms with Crippen LogP contribution in [-0.2, 0) is 0 Å². The molecule has 0 amide bonds. The molecule has 2 N–H and O–H groups in total. The molecule has 0 unspecified atom stereocenters. The van der Waals surface area contributed by atoms with Crippen molar-refractivity contribution < 1.29 is 0 Å². The van der Waals surface area contributed by atoms with Gasteiger partial charge in [-0.15, -0.1) is 0 Å². The number of aryl methyl sites for hydroxylation is 1. The van der Waals surface area contributed by atoms with Crippen molar-refractivity contribution in [3.8, 4) is 0 Å². The molecule has 4 heteroatoms. The van der Waals surface area contributed by atoms with Gasteiger partial charge in [0.25, 0.3) is 0 Å². The average Bonchev–Trinajstić information content (AvgIpc) is 2.31. The fourth-order valence-electron chi connectivity index (χ4n) is 2.26. The van der Waals surface area contributed by atoms with E-state index in [9.17, 15) is 0 Å². The van der Waals surface area contributed by atoms with Gasteiger partial charge in [-0.25, -0.2) is 0 Å². The first-order valence-corrected chi connectivity index (χ1v) is 6.93. The number of hydrogen-bond acceptors (Lipinski definition) is 3. The van der Waals surface area contributed by atoms with Gasteiger partial charge in [0.15, 0.2) is 0 Å². The van der Waals surface area contributed by atoms with Gasteiger partial charge >= 0.3 is 0 Å². The van der Waals surface area contributed by atoms with Gasteiger partial charge in [0.1, 0.15) is 0 Å². The third-order valence-electron chi connectivity index (χ3n) is 3.26. The van der Waals surface area contributed by atoms with Gasteiger partial charge < -0.3 is 10.6 Å². The number of nitrogens with zero attached hydrogens (tertiary/aromatic N) is 2. The minimum absolute atomic E-state index is 0.758. The zero-order valence-corrected chi connectivity index (χ0v) is 11.9. The van der Waals surface area contributed by atoms with Crippen molar-refractivity contribution in [1.29, 1.82) is 0 Å². The van der Waals surface area contributed by atoms with Crippen molar-refractivity contribution in [2.45, 2.75) is 6.92 Å². The summed E-state index contributed by atoms with van der Waals surface area (Å²) in [4.78, 5) is 4.87. The molecule has 1 fully saturated rings. The molecule has 1 heterocycles. The Morgan fingerprint density at radius 2 is 1.94 bits per heavy atom. The van der Waals surface area contributed by atoms with E-state index in [1.54, 1.807) is 0 Å². The first-order chi connectivity index (χ1) is 8.20. The van der Waals surface area contributed by atoms with Crippen LogP contribution in [0.2, 0.25) is 0 Å². The van der Waals surface area contributed by atoms with E-state index in [1.165, 1.54) is 15.7 Å². The second kappa shape index (κ2) is 5.85. The molecule has 0 aliphatic carbocycles. The molecule has 0 saturated carbocycles. The van der Waals surface area contributed by atoms with Crippen LogP contribution in [0.15, 0.2) is 22.7 Å². The first-order valence-electron chi connectivity index (χ1n) is 6.14. The number of rotatable bonds is 3. The van der Waals surface area contributed by atoms with E-state index in [4.69, 9.17) is 5.73 Å². The fraction of sp³-hybridized carbons (Fsp3) is 0.538. The van der Waals surface area contributed by atoms with Crippen LogP contribution in [0.4, 0.5) is 5.69 Å². The van der Waals surface area contributed by atoms with E-state index in [1.807, 2.05) is 0 Å². The zero-order chi connectivity index (χ0) is 12.3. The number of nitrogens with two attached hydrogens (primary N) is 1. The maximum atomic E-state index is 5.58. The standard InChI is InChI=1S/C13H20BrN3/c1-11-2-3-13(12(14)10-11)17-8-6-16(5-4-15)7-9-17/h2-3,10H,4-9,15H2,1H3. The molecule has 1 aliphatic rings. The van der Waals surface area contributed by atoms with Crippen molar-refractivity contribution in [3.63, 3.8) is 0 Å². The molecular formula is C13H20BrN3. The molecule has 94 valence electrons. The van der Waals surface area contributed by atoms with Gasteiger partial charge in [-0.05, 0) is 40.5 Å². The molecule has 1 aromatic carbocycles. The summed E-state index contributed by atoms with van der Waals surface area (Å²) in [7, 11) is 0. The van der Waals surface area contributed by atoms with Crippen LogP contribution in [-0.4, -0.2) is 44.2 Å². The molecule has 0 bridgehead atoms. The van der Waals surface area contributed by atoms with E-state index in [0.717, 1.165) is 39.3 Å². The minimum Gasteiger partial charge on any atom is -0.368 e. The Morgan fingerprint density at radius 3 is 2.53 bits per heavy atom. The predicted octanol–water partition coefficient (Wildman–Crippen LogP) is 1.84. The number of halogens is 1. The van der Waals surface area contributed by atoms with E-state index < -0.39 is 0 Å². The molecule has 3 nitrogen and oxygen atoms in total. The van der Waals surface area contributed by atoms with Crippen molar-refractivity contribution in [2.24, 2.45) is 5.73 Å². The summed E-state index contributed by atoms with van der Waals surface area (Å²) in [5.41, 5.74) is 8.19. The van der Waals surface area contributed by atoms with Crippen LogP contribution in [0.1, 0.15) is 5.56 Å². The molecule has 1 aromatic rings. The van der Waals surface area contributed by atoms with Gasteiger partial charge in [-0.1, -0.05) is 6.07 Å². The Morgan fingerprint density at radius 1 is 1.24 bits per heavy atom. The molecule has 1 aliphatic heterocycles. The second-order valence-electron chi connectivity index (χ2n) is 4.57. The Hall–Kier alpha value is -0.580. The number of piperazine rings is 1. The molecule has 0 spiro atoms. The third kappa shape index (κ3) is 3.21. The molecule has 17 heavy (non-hydrogen) atoms. The Bertz CT molecular complexity index is 373. The third-order valence-corrected chi connectivity index (χ3v) is 3.90. The van der Waals surface area contributed by atoms with E-state index in [-0.39, 0.29) is 0 Å². The predicted molar refractivity (Wildman–Crippen MR) is 76.6 cm³/mol. The SMILES string of the molecule is Cc1ccc(N2CCN(CCN)CC2)c(Br)c1. The lowest BCUT2D eigenvalue weighted by atomic mass is 10.2. The highest BCUT2D eigenvalue weighted by atomic mass is 79.9. The topological polar surface area (TPSA) is 32.5 Å². The molecule has 1 saturated heterocycles. The second-order valence-corrected chi connectivity index (χ2v) is 5.43. The van der Waals surface area contributed by atoms with Crippen molar-refractivity contribution in [1.82, 2.24) is 4.90 Å². The van der Waals surface area contributed by atoms with Crippen LogP contribution in [0.5, 0.6) is 0 Å². The summed E-state index contributed by atoms with van der Waals surface area (Å²) >= 11 is 3.65. The molecule has 0 atom stereocenters. The van der Waals surface area contributed by atoms with Crippen molar-refractivity contribution in [3.05, 3.63) is 28.2 Å². The first kappa shape index (κ1) is 12.9. The summed E-state index contributed by atoms with van der Waals surface area (Å²) in [5.74, 6) is 0. The lowest BCUT2D eigenvalue weighted by Gasteiger charge is -2.36. The van der Waals surface area contributed by atoms with Crippen LogP contribution in [0.25, 0.3) is 0 Å². The Balaban J connectivity index is 2.00. The maximum Gasteiger partial charge on any atom is 0.0511 e. The van der Waals surface area contributed by atoms with Gasteiger partial charge in [0.2, 0.25) is 0 Å². The van der Waals surface area contributed by atoms with Crippen LogP contribution in [0.3, 0.4) is 0 Å². The summed E-state index contributed by atoms with van der Waals surface area (Å²) in [6.45, 7) is 8.28. The quantitative estimate of drug-likeness (QED) is 0.924. The minimum atomic E-state index is 0.758. The largest absolute Gasteiger partial charge is 0.368 e. The van der Waals surface area contributed by atoms with E-state index >= 15 is 0 Å². The van der Waals surface area contributed by atoms with E-state index in [0.29, 0.717) is 0 Å². The molecule has 0 radical (unpaired) electrons. The Kier molecular flexibility index (Phi) is 4.42. The number of anilines is 1. The molecule has 0 aromatic heterocycles. The van der Waals surface area contributed by atoms with Crippen LogP contribution < -0.4 is 10.6 Å². The van der Waals surface area contributed by atoms with E-state index in [2.05, 4.69) is 50.9 Å². The maximum absolute atomic E-state index is 5.58. The highest BCUT2D eigenvalue weighted by molar-refractivity contribution is 9.10. The summed E-state index contributed by atoms with van der Waals surface area (Å²) in [6.07, 6.45) is 0. The fourth-order valence-corrected chi connectivity index (χ4v) is 3.01. The molecular weight excluding hydrogens is 278 g/mol. The van der Waals surface area contributed by atoms with Gasteiger partial charge in [0.05, 0.1) is 5.69 Å². The Labute approximate surface area is 112 Å². The monoisotopic (exact) mass is 297 g/mol. The highest BCUT2D eigenvalue weighted by Gasteiger charge is 2.17. The highest BCUT2D eigenvalue weighted by Crippen LogP contribution is 2.27. The number of hydrogen-bond donors (Lipinski definition) is 1. The molecule has 2 rings (SSSR count). The van der Waals surface area contributed by atoms with Gasteiger partial charge in [-0.2, -0.15) is 0 Å². The van der Waals surface area contributed by atoms with Crippen LogP contribution in [0, 0.1) is 6.92 Å². The van der Waals surface area contributed by atoms with Crippen molar-refractivity contribution >= 4 is 21.6 Å². The summed E-state index contributed by atoms with van der Waals surface area (Å²) in [5, 5.41) is 0. The lowest BCUT2D eigenvalue weighted by Crippen LogP contribution is -2.47. The van der Waals surface area contributed by atoms with Gasteiger partial charge in [0, 0.05) is 43.7 Å². The zero-order valence-electron chi connectivity index (χ0n) is 10.3. The van der Waals surface area contributed by atoms with Crippen LogP contribution >= 0.6 is 15.9 Å². The summed E-state index contributed by atoms with van der Waals surface area (Å²) in [6, 6.07) is 6.56.